The van der Waals surface area contributed by atoms with E-state index in [0.717, 1.165) is 0 Å². The average Bonchev–Trinajstić information content (AvgIpc) is 3.45. The van der Waals surface area contributed by atoms with Crippen molar-refractivity contribution in [2.75, 3.05) is 19.8 Å². The minimum atomic E-state index is -0.816. The van der Waals surface area contributed by atoms with Crippen LogP contribution in [0.15, 0.2) is 12.2 Å². The van der Waals surface area contributed by atoms with Crippen molar-refractivity contribution in [2.24, 2.45) is 0 Å². The first-order valence-electron chi connectivity index (χ1n) is 8.92. The Kier molecular flexibility index (Phi) is 3.92. The first kappa shape index (κ1) is 17.9. The van der Waals surface area contributed by atoms with Crippen molar-refractivity contribution >= 4 is 0 Å². The van der Waals surface area contributed by atoms with E-state index >= 15 is 0 Å². The summed E-state index contributed by atoms with van der Waals surface area (Å²) in [6.07, 6.45) is 1.80. The van der Waals surface area contributed by atoms with Crippen molar-refractivity contribution in [1.82, 2.24) is 0 Å². The monoisotopic (exact) mass is 356 g/mol. The molecule has 0 saturated carbocycles. The van der Waals surface area contributed by atoms with E-state index in [1.54, 1.807) is 12.2 Å². The highest BCUT2D eigenvalue weighted by molar-refractivity contribution is 5.18. The number of ether oxygens (including phenoxy) is 4. The number of hydrogen-bond acceptors (Lipinski definition) is 7. The van der Waals surface area contributed by atoms with Crippen molar-refractivity contribution < 1.29 is 34.3 Å². The molecule has 0 amide bonds. The molecule has 4 aliphatic heterocycles. The molecule has 142 valence electrons. The smallest absolute Gasteiger partial charge is 0.123 e. The zero-order valence-corrected chi connectivity index (χ0v) is 15.0. The zero-order valence-electron chi connectivity index (χ0n) is 15.0. The second kappa shape index (κ2) is 5.48. The fourth-order valence-corrected chi connectivity index (χ4v) is 4.40. The molecular formula is C18H28O7. The van der Waals surface area contributed by atoms with Crippen molar-refractivity contribution in [3.05, 3.63) is 12.2 Å². The molecule has 3 N–H and O–H groups in total. The summed E-state index contributed by atoms with van der Waals surface area (Å²) in [6, 6.07) is 0. The van der Waals surface area contributed by atoms with Gasteiger partial charge in [0.15, 0.2) is 0 Å². The lowest BCUT2D eigenvalue weighted by Crippen LogP contribution is -2.57. The van der Waals surface area contributed by atoms with Crippen LogP contribution in [0.3, 0.4) is 0 Å². The molecule has 0 aromatic heterocycles. The van der Waals surface area contributed by atoms with Crippen molar-refractivity contribution in [2.45, 2.75) is 80.4 Å². The van der Waals surface area contributed by atoms with E-state index in [1.807, 2.05) is 20.8 Å². The van der Waals surface area contributed by atoms with Crippen LogP contribution in [0, 0.1) is 0 Å². The van der Waals surface area contributed by atoms with Gasteiger partial charge in [-0.2, -0.15) is 0 Å². The number of hydrogen-bond donors (Lipinski definition) is 3. The Morgan fingerprint density at radius 2 is 1.36 bits per heavy atom. The minimum Gasteiger partial charge on any atom is -0.393 e. The molecule has 2 spiro atoms. The molecule has 7 nitrogen and oxygen atoms in total. The zero-order chi connectivity index (χ0) is 18.1. The Bertz CT molecular complexity index is 566. The van der Waals surface area contributed by atoms with Crippen molar-refractivity contribution in [3.8, 4) is 0 Å². The van der Waals surface area contributed by atoms with Crippen molar-refractivity contribution in [1.29, 1.82) is 0 Å². The van der Waals surface area contributed by atoms with Crippen LogP contribution in [0.5, 0.6) is 0 Å². The summed E-state index contributed by atoms with van der Waals surface area (Å²) in [4.78, 5) is 0. The van der Waals surface area contributed by atoms with E-state index in [0.29, 0.717) is 26.1 Å². The van der Waals surface area contributed by atoms with E-state index in [2.05, 4.69) is 0 Å². The van der Waals surface area contributed by atoms with Crippen LogP contribution < -0.4 is 0 Å². The third kappa shape index (κ3) is 3.06. The number of aliphatic hydroxyl groups excluding tert-OH is 3. The van der Waals surface area contributed by atoms with Crippen LogP contribution in [-0.2, 0) is 18.9 Å². The van der Waals surface area contributed by atoms with Gasteiger partial charge in [-0.1, -0.05) is 12.2 Å². The maximum absolute atomic E-state index is 10.6. The number of rotatable bonds is 3. The van der Waals surface area contributed by atoms with Gasteiger partial charge in [-0.05, 0) is 20.8 Å². The molecule has 7 heteroatoms. The maximum Gasteiger partial charge on any atom is 0.123 e. The molecule has 4 heterocycles. The van der Waals surface area contributed by atoms with E-state index in [4.69, 9.17) is 18.9 Å². The molecule has 4 aliphatic rings. The molecule has 7 atom stereocenters. The Labute approximate surface area is 147 Å². The van der Waals surface area contributed by atoms with Gasteiger partial charge in [0.25, 0.3) is 0 Å². The molecular weight excluding hydrogens is 328 g/mol. The standard InChI is InChI=1S/C18H28O7/c1-15(2)6-17(9-22-17)13(20)11(24-15)4-5-12-14(21)18(10-23-18)7-16(3,8-19)25-12/h4-5,11-14,19-21H,6-10H2,1-3H3/b5-4+/t11-,12-,13-,14-,16+,17-,18-/m1/s1. The fourth-order valence-electron chi connectivity index (χ4n) is 4.40. The molecule has 0 bridgehead atoms. The molecule has 0 aromatic carbocycles. The SMILES string of the molecule is CC1(C)C[C@@]2(CO2)[C@H](O)[C@@H](/C=C/[C@H]2O[C@](C)(CO)C[C@@]3(CO3)[C@@H]2O)O1. The molecule has 4 fully saturated rings. The molecule has 4 rings (SSSR count). The summed E-state index contributed by atoms with van der Waals surface area (Å²) in [5, 5.41) is 30.8. The van der Waals surface area contributed by atoms with Crippen LogP contribution in [0.1, 0.15) is 33.6 Å². The highest BCUT2D eigenvalue weighted by Gasteiger charge is 2.62. The first-order chi connectivity index (χ1) is 11.6. The molecule has 4 saturated heterocycles. The van der Waals surface area contributed by atoms with Gasteiger partial charge < -0.3 is 34.3 Å². The van der Waals surface area contributed by atoms with E-state index in [-0.39, 0.29) is 6.61 Å². The summed E-state index contributed by atoms with van der Waals surface area (Å²) in [5.41, 5.74) is -2.34. The van der Waals surface area contributed by atoms with Gasteiger partial charge >= 0.3 is 0 Å². The second-order valence-corrected chi connectivity index (χ2v) is 8.87. The van der Waals surface area contributed by atoms with Gasteiger partial charge in [0.1, 0.15) is 35.6 Å². The van der Waals surface area contributed by atoms with Gasteiger partial charge in [-0.25, -0.2) is 0 Å². The van der Waals surface area contributed by atoms with Gasteiger partial charge in [0, 0.05) is 12.8 Å². The normalized spacial score (nSPS) is 54.3. The maximum atomic E-state index is 10.6. The van der Waals surface area contributed by atoms with Crippen molar-refractivity contribution in [3.63, 3.8) is 0 Å². The van der Waals surface area contributed by atoms with Crippen LogP contribution in [0.25, 0.3) is 0 Å². The van der Waals surface area contributed by atoms with Gasteiger partial charge in [0.05, 0.1) is 31.0 Å². The predicted octanol–water partition coefficient (Wildman–Crippen LogP) is -0.0902. The predicted molar refractivity (Wildman–Crippen MR) is 87.1 cm³/mol. The summed E-state index contributed by atoms with van der Waals surface area (Å²) < 4.78 is 22.9. The Hall–Kier alpha value is -0.540. The molecule has 25 heavy (non-hydrogen) atoms. The highest BCUT2D eigenvalue weighted by atomic mass is 16.6. The Morgan fingerprint density at radius 1 is 0.880 bits per heavy atom. The Balaban J connectivity index is 1.52. The minimum absolute atomic E-state index is 0.151. The number of epoxide rings is 2. The fraction of sp³-hybridized carbons (Fsp3) is 0.889. The summed E-state index contributed by atoms with van der Waals surface area (Å²) in [7, 11) is 0. The third-order valence-corrected chi connectivity index (χ3v) is 5.83. The largest absolute Gasteiger partial charge is 0.393 e. The summed E-state index contributed by atoms with van der Waals surface area (Å²) in [5.74, 6) is 0. The van der Waals surface area contributed by atoms with Crippen LogP contribution >= 0.6 is 0 Å². The quantitative estimate of drug-likeness (QED) is 0.479. The lowest BCUT2D eigenvalue weighted by atomic mass is 9.81. The lowest BCUT2D eigenvalue weighted by molar-refractivity contribution is -0.193. The molecule has 0 aromatic rings. The van der Waals surface area contributed by atoms with Gasteiger partial charge in [-0.15, -0.1) is 0 Å². The number of aliphatic hydroxyl groups is 3. The van der Waals surface area contributed by atoms with E-state index in [9.17, 15) is 15.3 Å². The third-order valence-electron chi connectivity index (χ3n) is 5.83. The van der Waals surface area contributed by atoms with Gasteiger partial charge in [0.2, 0.25) is 0 Å². The molecule has 0 unspecified atom stereocenters. The van der Waals surface area contributed by atoms with Crippen LogP contribution in [0.2, 0.25) is 0 Å². The molecule has 0 radical (unpaired) electrons. The van der Waals surface area contributed by atoms with E-state index in [1.165, 1.54) is 0 Å². The molecule has 0 aliphatic carbocycles. The summed E-state index contributed by atoms with van der Waals surface area (Å²) >= 11 is 0. The Morgan fingerprint density at radius 3 is 1.84 bits per heavy atom. The van der Waals surface area contributed by atoms with Crippen LogP contribution in [-0.4, -0.2) is 82.0 Å². The van der Waals surface area contributed by atoms with Gasteiger partial charge in [-0.3, -0.25) is 0 Å². The topological polar surface area (TPSA) is 104 Å². The second-order valence-electron chi connectivity index (χ2n) is 8.87. The van der Waals surface area contributed by atoms with E-state index < -0.39 is 46.8 Å². The summed E-state index contributed by atoms with van der Waals surface area (Å²) in [6.45, 7) is 6.61. The average molecular weight is 356 g/mol. The first-order valence-corrected chi connectivity index (χ1v) is 8.92. The van der Waals surface area contributed by atoms with Crippen LogP contribution in [0.4, 0.5) is 0 Å². The highest BCUT2D eigenvalue weighted by Crippen LogP contribution is 2.48. The lowest BCUT2D eigenvalue weighted by Gasteiger charge is -2.44.